The molecule has 0 saturated carbocycles. The topological polar surface area (TPSA) is 52.7 Å². The highest BCUT2D eigenvalue weighted by molar-refractivity contribution is 5.96. The average molecular weight is 341 g/mol. The largest absolute Gasteiger partial charge is 0.378 e. The van der Waals surface area contributed by atoms with Crippen molar-refractivity contribution in [2.45, 2.75) is 25.7 Å². The van der Waals surface area contributed by atoms with Crippen molar-refractivity contribution in [3.05, 3.63) is 36.4 Å². The Morgan fingerprint density at radius 3 is 2.20 bits per heavy atom. The van der Waals surface area contributed by atoms with E-state index in [-0.39, 0.29) is 23.7 Å². The van der Waals surface area contributed by atoms with Crippen LogP contribution in [0.25, 0.3) is 0 Å². The van der Waals surface area contributed by atoms with Gasteiger partial charge in [-0.15, -0.1) is 0 Å². The molecule has 1 N–H and O–H groups in total. The molecule has 2 atom stereocenters. The number of allylic oxidation sites excluding steroid dienone is 2. The first-order valence-corrected chi connectivity index (χ1v) is 9.08. The Labute approximate surface area is 149 Å². The average Bonchev–Trinajstić information content (AvgIpc) is 3.16. The molecule has 0 bridgehead atoms. The van der Waals surface area contributed by atoms with Gasteiger partial charge >= 0.3 is 0 Å². The molecule has 0 aromatic heterocycles. The second-order valence-electron chi connectivity index (χ2n) is 7.12. The summed E-state index contributed by atoms with van der Waals surface area (Å²) in [6.07, 6.45) is 7.49. The number of anilines is 2. The summed E-state index contributed by atoms with van der Waals surface area (Å²) in [5.74, 6) is -0.430. The van der Waals surface area contributed by atoms with E-state index in [1.54, 1.807) is 0 Å². The Morgan fingerprint density at radius 2 is 1.60 bits per heavy atom. The third-order valence-electron chi connectivity index (χ3n) is 5.16. The van der Waals surface area contributed by atoms with Gasteiger partial charge in [-0.25, -0.2) is 0 Å². The van der Waals surface area contributed by atoms with Crippen LogP contribution in [0.5, 0.6) is 0 Å². The molecule has 2 amide bonds. The molecule has 0 radical (unpaired) electrons. The fourth-order valence-electron chi connectivity index (χ4n) is 3.63. The van der Waals surface area contributed by atoms with Crippen molar-refractivity contribution in [2.24, 2.45) is 11.8 Å². The van der Waals surface area contributed by atoms with Crippen LogP contribution in [0.4, 0.5) is 11.4 Å². The van der Waals surface area contributed by atoms with Gasteiger partial charge in [0.25, 0.3) is 0 Å². The van der Waals surface area contributed by atoms with Gasteiger partial charge in [0.15, 0.2) is 0 Å². The third kappa shape index (κ3) is 4.03. The summed E-state index contributed by atoms with van der Waals surface area (Å²) < 4.78 is 0. The number of hydrogen-bond donors (Lipinski definition) is 1. The van der Waals surface area contributed by atoms with Gasteiger partial charge in [0.2, 0.25) is 11.8 Å². The van der Waals surface area contributed by atoms with Gasteiger partial charge < -0.3 is 15.1 Å². The molecular weight excluding hydrogens is 314 g/mol. The molecule has 5 heteroatoms. The maximum atomic E-state index is 12.8. The van der Waals surface area contributed by atoms with Gasteiger partial charge in [-0.05, 0) is 49.9 Å². The number of amides is 2. The van der Waals surface area contributed by atoms with Gasteiger partial charge in [-0.1, -0.05) is 12.2 Å². The molecule has 0 spiro atoms. The van der Waals surface area contributed by atoms with Gasteiger partial charge in [-0.3, -0.25) is 9.59 Å². The molecule has 1 aliphatic heterocycles. The summed E-state index contributed by atoms with van der Waals surface area (Å²) in [4.78, 5) is 29.5. The lowest BCUT2D eigenvalue weighted by molar-refractivity contribution is -0.139. The molecular formula is C20H27N3O2. The van der Waals surface area contributed by atoms with Crippen LogP contribution < -0.4 is 10.2 Å². The van der Waals surface area contributed by atoms with Gasteiger partial charge in [-0.2, -0.15) is 0 Å². The van der Waals surface area contributed by atoms with Crippen molar-refractivity contribution < 1.29 is 9.59 Å². The Morgan fingerprint density at radius 1 is 1.00 bits per heavy atom. The quantitative estimate of drug-likeness (QED) is 0.857. The smallest absolute Gasteiger partial charge is 0.228 e. The zero-order valence-electron chi connectivity index (χ0n) is 15.1. The van der Waals surface area contributed by atoms with Crippen LogP contribution >= 0.6 is 0 Å². The second kappa shape index (κ2) is 7.72. The summed E-state index contributed by atoms with van der Waals surface area (Å²) in [7, 11) is 3.97. The Hall–Kier alpha value is -2.30. The molecule has 1 aromatic rings. The highest BCUT2D eigenvalue weighted by Gasteiger charge is 2.37. The molecule has 1 fully saturated rings. The fourth-order valence-corrected chi connectivity index (χ4v) is 3.63. The van der Waals surface area contributed by atoms with Crippen molar-refractivity contribution in [1.82, 2.24) is 4.90 Å². The number of nitrogens with zero attached hydrogens (tertiary/aromatic N) is 2. The van der Waals surface area contributed by atoms with E-state index >= 15 is 0 Å². The summed E-state index contributed by atoms with van der Waals surface area (Å²) >= 11 is 0. The third-order valence-corrected chi connectivity index (χ3v) is 5.16. The molecule has 25 heavy (non-hydrogen) atoms. The van der Waals surface area contributed by atoms with Crippen LogP contribution in [-0.4, -0.2) is 43.9 Å². The van der Waals surface area contributed by atoms with Crippen LogP contribution in [0, 0.1) is 11.8 Å². The lowest BCUT2D eigenvalue weighted by Gasteiger charge is -2.30. The minimum Gasteiger partial charge on any atom is -0.378 e. The normalized spacial score (nSPS) is 22.7. The van der Waals surface area contributed by atoms with Crippen LogP contribution in [0.1, 0.15) is 25.7 Å². The molecule has 134 valence electrons. The number of rotatable bonds is 4. The molecule has 1 aromatic carbocycles. The Balaban J connectivity index is 1.68. The zero-order chi connectivity index (χ0) is 17.8. The lowest BCUT2D eigenvalue weighted by Crippen LogP contribution is -2.42. The molecule has 2 unspecified atom stereocenters. The second-order valence-corrected chi connectivity index (χ2v) is 7.12. The van der Waals surface area contributed by atoms with E-state index in [9.17, 15) is 9.59 Å². The molecule has 5 nitrogen and oxygen atoms in total. The van der Waals surface area contributed by atoms with Gasteiger partial charge in [0.05, 0.1) is 11.8 Å². The van der Waals surface area contributed by atoms with Crippen molar-refractivity contribution in [3.63, 3.8) is 0 Å². The lowest BCUT2D eigenvalue weighted by atomic mass is 9.81. The van der Waals surface area contributed by atoms with Crippen LogP contribution in [-0.2, 0) is 9.59 Å². The summed E-state index contributed by atoms with van der Waals surface area (Å²) in [6.45, 7) is 1.67. The van der Waals surface area contributed by atoms with E-state index in [0.29, 0.717) is 12.8 Å². The van der Waals surface area contributed by atoms with Gasteiger partial charge in [0.1, 0.15) is 0 Å². The van der Waals surface area contributed by atoms with Crippen molar-refractivity contribution in [1.29, 1.82) is 0 Å². The van der Waals surface area contributed by atoms with Crippen LogP contribution in [0.15, 0.2) is 36.4 Å². The number of benzene rings is 1. The number of likely N-dealkylation sites (tertiary alicyclic amines) is 1. The fraction of sp³-hybridized carbons (Fsp3) is 0.500. The number of nitrogens with one attached hydrogen (secondary N) is 1. The maximum Gasteiger partial charge on any atom is 0.228 e. The van der Waals surface area contributed by atoms with Crippen molar-refractivity contribution in [3.8, 4) is 0 Å². The minimum atomic E-state index is -0.286. The van der Waals surface area contributed by atoms with E-state index in [4.69, 9.17) is 0 Å². The molecule has 1 heterocycles. The van der Waals surface area contributed by atoms with Crippen molar-refractivity contribution in [2.75, 3.05) is 37.4 Å². The van der Waals surface area contributed by atoms with Crippen molar-refractivity contribution >= 4 is 23.2 Å². The van der Waals surface area contributed by atoms with Crippen LogP contribution in [0.2, 0.25) is 0 Å². The molecule has 3 rings (SSSR count). The van der Waals surface area contributed by atoms with E-state index in [1.165, 1.54) is 0 Å². The molecule has 1 saturated heterocycles. The maximum absolute atomic E-state index is 12.8. The number of hydrogen-bond acceptors (Lipinski definition) is 3. The predicted octanol–water partition coefficient (Wildman–Crippen LogP) is 2.90. The van der Waals surface area contributed by atoms with Crippen LogP contribution in [0.3, 0.4) is 0 Å². The molecule has 2 aliphatic rings. The summed E-state index contributed by atoms with van der Waals surface area (Å²) in [6, 6.07) is 7.76. The van der Waals surface area contributed by atoms with E-state index < -0.39 is 0 Å². The summed E-state index contributed by atoms with van der Waals surface area (Å²) in [5, 5.41) is 2.99. The monoisotopic (exact) mass is 341 g/mol. The number of carbonyl (C=O) groups is 2. The minimum absolute atomic E-state index is 0.0560. The van der Waals surface area contributed by atoms with E-state index in [2.05, 4.69) is 5.32 Å². The predicted molar refractivity (Wildman–Crippen MR) is 101 cm³/mol. The zero-order valence-corrected chi connectivity index (χ0v) is 15.1. The molecule has 1 aliphatic carbocycles. The Kier molecular flexibility index (Phi) is 5.41. The van der Waals surface area contributed by atoms with E-state index in [1.807, 2.05) is 60.3 Å². The number of carbonyl (C=O) groups excluding carboxylic acids is 2. The first-order chi connectivity index (χ1) is 12.1. The highest BCUT2D eigenvalue weighted by atomic mass is 16.2. The first kappa shape index (κ1) is 17.5. The first-order valence-electron chi connectivity index (χ1n) is 9.08. The van der Waals surface area contributed by atoms with E-state index in [0.717, 1.165) is 37.3 Å². The standard InChI is InChI=1S/C20H27N3O2/c1-22(2)16-11-9-15(10-12-16)21-19(24)17-7-3-4-8-18(17)20(25)23-13-5-6-14-23/h3-4,9-12,17-18H,5-8,13-14H2,1-2H3,(H,21,24). The SMILES string of the molecule is CN(C)c1ccc(NC(=O)C2CC=CCC2C(=O)N2CCCC2)cc1. The summed E-state index contributed by atoms with van der Waals surface area (Å²) in [5.41, 5.74) is 1.86. The highest BCUT2D eigenvalue weighted by Crippen LogP contribution is 2.30. The van der Waals surface area contributed by atoms with Gasteiger partial charge in [0, 0.05) is 38.6 Å². The Bertz CT molecular complexity index is 645.